The van der Waals surface area contributed by atoms with E-state index in [1.165, 1.54) is 5.56 Å². The Labute approximate surface area is 77.9 Å². The van der Waals surface area contributed by atoms with Crippen molar-refractivity contribution < 1.29 is 28.6 Å². The average Bonchev–Trinajstić information content (AvgIpc) is 2.08. The Kier molecular flexibility index (Phi) is 8.01. The predicted octanol–water partition coefficient (Wildman–Crippen LogP) is 0.981. The van der Waals surface area contributed by atoms with Crippen LogP contribution in [0, 0.1) is 0 Å². The Balaban J connectivity index is 0.000000354. The van der Waals surface area contributed by atoms with Gasteiger partial charge in [-0.25, -0.2) is 0 Å². The van der Waals surface area contributed by atoms with Crippen LogP contribution in [0.4, 0.5) is 0 Å². The molecule has 0 aliphatic carbocycles. The van der Waals surface area contributed by atoms with Crippen molar-refractivity contribution in [3.63, 3.8) is 0 Å². The molecule has 1 N–H and O–H groups in total. The number of hydrogen-bond acceptors (Lipinski definition) is 3. The summed E-state index contributed by atoms with van der Waals surface area (Å²) in [4.78, 5) is 0. The summed E-state index contributed by atoms with van der Waals surface area (Å²) in [5.41, 5.74) is 1.19. The van der Waals surface area contributed by atoms with Crippen LogP contribution in [0.2, 0.25) is 0 Å². The van der Waals surface area contributed by atoms with Gasteiger partial charge in [-0.1, -0.05) is 30.3 Å². The predicted molar refractivity (Wildman–Crippen MR) is 38.6 cm³/mol. The Morgan fingerprint density at radius 1 is 1.17 bits per heavy atom. The summed E-state index contributed by atoms with van der Waals surface area (Å²) in [6, 6.07) is 9.95. The van der Waals surface area contributed by atoms with Crippen molar-refractivity contribution in [2.24, 2.45) is 0 Å². The van der Waals surface area contributed by atoms with Gasteiger partial charge in [0.2, 0.25) is 0 Å². The Morgan fingerprint density at radius 3 is 2.08 bits per heavy atom. The molecule has 1 rings (SSSR count). The van der Waals surface area contributed by atoms with Crippen LogP contribution in [0.15, 0.2) is 30.3 Å². The Bertz CT molecular complexity index is 229. The van der Waals surface area contributed by atoms with Crippen LogP contribution in [-0.4, -0.2) is 11.7 Å². The van der Waals surface area contributed by atoms with E-state index in [0.29, 0.717) is 0 Å². The van der Waals surface area contributed by atoms with Crippen LogP contribution in [0.25, 0.3) is 0 Å². The quantitative estimate of drug-likeness (QED) is 0.782. The Hall–Kier alpha value is -0.636. The van der Waals surface area contributed by atoms with Crippen molar-refractivity contribution in [1.82, 2.24) is 0 Å². The summed E-state index contributed by atoms with van der Waals surface area (Å²) in [6.45, 7) is 0.240. The zero-order valence-electron chi connectivity index (χ0n) is 6.51. The van der Waals surface area contributed by atoms with E-state index in [1.807, 2.05) is 30.3 Å². The molecule has 0 heterocycles. The second-order valence-corrected chi connectivity index (χ2v) is 2.27. The molecule has 0 saturated heterocycles. The fourth-order valence-electron chi connectivity index (χ4n) is 0.774. The molecule has 0 aromatic heterocycles. The normalized spacial score (nSPS) is 7.75. The minimum atomic E-state index is -1.81. The Morgan fingerprint density at radius 2 is 1.67 bits per heavy atom. The standard InChI is InChI=1S/C8H10O.2O.V/c9-7-6-8-4-2-1-3-5-8;;;/h1-5,9H,6-7H2;;;. The fraction of sp³-hybridized carbons (Fsp3) is 0.250. The fourth-order valence-corrected chi connectivity index (χ4v) is 0.774. The SMILES string of the molecule is OCCc1ccccc1.[O]=[V]=[O]. The van der Waals surface area contributed by atoms with Crippen molar-refractivity contribution in [2.75, 3.05) is 6.61 Å². The van der Waals surface area contributed by atoms with E-state index in [9.17, 15) is 0 Å². The zero-order valence-corrected chi connectivity index (χ0v) is 7.91. The summed E-state index contributed by atoms with van der Waals surface area (Å²) >= 11 is -1.81. The molecule has 0 fully saturated rings. The molecule has 0 saturated carbocycles. The van der Waals surface area contributed by atoms with Crippen LogP contribution in [0.3, 0.4) is 0 Å². The number of aliphatic hydroxyl groups excluding tert-OH is 1. The van der Waals surface area contributed by atoms with Gasteiger partial charge in [-0.15, -0.1) is 0 Å². The van der Waals surface area contributed by atoms with E-state index in [4.69, 9.17) is 12.5 Å². The zero-order chi connectivity index (χ0) is 9.23. The van der Waals surface area contributed by atoms with Crippen molar-refractivity contribution in [1.29, 1.82) is 0 Å². The van der Waals surface area contributed by atoms with Crippen molar-refractivity contribution in [3.8, 4) is 0 Å². The molecule has 1 aromatic carbocycles. The summed E-state index contributed by atoms with van der Waals surface area (Å²) in [5.74, 6) is 0. The van der Waals surface area contributed by atoms with Gasteiger partial charge in [0, 0.05) is 6.61 Å². The van der Waals surface area contributed by atoms with Gasteiger partial charge in [-0.2, -0.15) is 0 Å². The molecule has 0 aliphatic rings. The summed E-state index contributed by atoms with van der Waals surface area (Å²) < 4.78 is 16.9. The van der Waals surface area contributed by atoms with E-state index in [0.717, 1.165) is 6.42 Å². The molecule has 0 bridgehead atoms. The van der Waals surface area contributed by atoms with Crippen LogP contribution >= 0.6 is 0 Å². The first-order valence-corrected chi connectivity index (χ1v) is 4.59. The molecule has 3 nitrogen and oxygen atoms in total. The minimum absolute atomic E-state index is 0.240. The van der Waals surface area contributed by atoms with Crippen molar-refractivity contribution in [2.45, 2.75) is 6.42 Å². The van der Waals surface area contributed by atoms with E-state index in [2.05, 4.69) is 0 Å². The maximum absolute atomic E-state index is 8.52. The molecule has 0 atom stereocenters. The number of hydrogen-bond donors (Lipinski definition) is 1. The molecule has 0 amide bonds. The van der Waals surface area contributed by atoms with Crippen LogP contribution in [0.5, 0.6) is 0 Å². The number of benzene rings is 1. The van der Waals surface area contributed by atoms with Gasteiger partial charge in [-0.3, -0.25) is 0 Å². The first-order valence-electron chi connectivity index (χ1n) is 3.45. The van der Waals surface area contributed by atoms with E-state index >= 15 is 0 Å². The monoisotopic (exact) mass is 205 g/mol. The third-order valence-corrected chi connectivity index (χ3v) is 1.24. The van der Waals surface area contributed by atoms with Gasteiger partial charge in [-0.05, 0) is 12.0 Å². The van der Waals surface area contributed by atoms with Gasteiger partial charge in [0.15, 0.2) is 0 Å². The number of aliphatic hydroxyl groups is 1. The summed E-state index contributed by atoms with van der Waals surface area (Å²) in [7, 11) is 0. The summed E-state index contributed by atoms with van der Waals surface area (Å²) in [5, 5.41) is 8.52. The van der Waals surface area contributed by atoms with Crippen LogP contribution in [-0.2, 0) is 30.0 Å². The van der Waals surface area contributed by atoms with Gasteiger partial charge < -0.3 is 5.11 Å². The van der Waals surface area contributed by atoms with Crippen LogP contribution < -0.4 is 0 Å². The topological polar surface area (TPSA) is 54.4 Å². The third-order valence-electron chi connectivity index (χ3n) is 1.24. The van der Waals surface area contributed by atoms with Gasteiger partial charge >= 0.3 is 23.5 Å². The van der Waals surface area contributed by atoms with E-state index in [1.54, 1.807) is 0 Å². The molecular weight excluding hydrogens is 195 g/mol. The van der Waals surface area contributed by atoms with Gasteiger partial charge in [0.05, 0.1) is 0 Å². The van der Waals surface area contributed by atoms with Crippen LogP contribution in [0.1, 0.15) is 5.56 Å². The average molecular weight is 205 g/mol. The first kappa shape index (κ1) is 11.4. The van der Waals surface area contributed by atoms with Gasteiger partial charge in [0.25, 0.3) is 0 Å². The molecule has 0 aliphatic heterocycles. The maximum atomic E-state index is 8.52. The van der Waals surface area contributed by atoms with Crippen molar-refractivity contribution >= 4 is 0 Å². The molecule has 0 radical (unpaired) electrons. The number of rotatable bonds is 2. The third kappa shape index (κ3) is 6.10. The molecule has 0 spiro atoms. The molecular formula is C8H10O3V. The molecule has 1 aromatic rings. The first-order chi connectivity index (χ1) is 5.85. The molecule has 4 heteroatoms. The van der Waals surface area contributed by atoms with E-state index < -0.39 is 16.2 Å². The molecule has 0 unspecified atom stereocenters. The second-order valence-electron chi connectivity index (χ2n) is 2.03. The second kappa shape index (κ2) is 8.46. The van der Waals surface area contributed by atoms with Crippen molar-refractivity contribution in [3.05, 3.63) is 35.9 Å². The summed E-state index contributed by atoms with van der Waals surface area (Å²) in [6.07, 6.45) is 0.765. The molecule has 65 valence electrons. The van der Waals surface area contributed by atoms with E-state index in [-0.39, 0.29) is 6.61 Å². The molecule has 12 heavy (non-hydrogen) atoms. The van der Waals surface area contributed by atoms with Gasteiger partial charge in [0.1, 0.15) is 0 Å².